The third-order valence-electron chi connectivity index (χ3n) is 0.177. The first-order chi connectivity index (χ1) is 1.50. The predicted octanol–water partition coefficient (Wildman–Crippen LogP) is 0.555. The summed E-state index contributed by atoms with van der Waals surface area (Å²) < 4.78 is 0. The summed E-state index contributed by atoms with van der Waals surface area (Å²) in [5.41, 5.74) is 0. The maximum absolute atomic E-state index is 2.75. The Hall–Kier alpha value is -0.480. The highest BCUT2D eigenvalue weighted by atomic mass is 14.0. The van der Waals surface area contributed by atoms with Gasteiger partial charge in [-0.15, -0.1) is 0 Å². The first kappa shape index (κ1) is 3.52. The van der Waals surface area contributed by atoms with Gasteiger partial charge < -0.3 is 6.15 Å². The van der Waals surface area contributed by atoms with Gasteiger partial charge in [0.1, 0.15) is 0 Å². The zero-order chi connectivity index (χ0) is 2.12. The van der Waals surface area contributed by atoms with E-state index in [9.17, 15) is 0 Å². The molecule has 1 rings (SSSR count). The van der Waals surface area contributed by atoms with E-state index in [-0.39, 0.29) is 6.15 Å². The van der Waals surface area contributed by atoms with Gasteiger partial charge in [-0.2, -0.15) is 0 Å². The van der Waals surface area contributed by atoms with E-state index in [0.29, 0.717) is 0 Å². The fourth-order valence-electron chi connectivity index (χ4n) is 0. The predicted molar refractivity (Wildman–Crippen MR) is 17.4 cm³/mol. The van der Waals surface area contributed by atoms with Crippen LogP contribution in [0.5, 0.6) is 0 Å². The molecular formula is C3H5N. The van der Waals surface area contributed by atoms with Crippen LogP contribution in [-0.4, -0.2) is 0 Å². The highest BCUT2D eigenvalue weighted by Crippen LogP contribution is 1.79. The molecule has 3 N–H and O–H groups in total. The van der Waals surface area contributed by atoms with Crippen molar-refractivity contribution in [2.75, 3.05) is 0 Å². The summed E-state index contributed by atoms with van der Waals surface area (Å²) in [5.74, 6) is 5.50. The van der Waals surface area contributed by atoms with Crippen LogP contribution in [0.3, 0.4) is 0 Å². The van der Waals surface area contributed by atoms with Crippen LogP contribution < -0.4 is 6.15 Å². The minimum absolute atomic E-state index is 0. The minimum Gasteiger partial charge on any atom is -0.344 e. The Kier molecular flexibility index (Phi) is 0.807. The van der Waals surface area contributed by atoms with Crippen LogP contribution in [0.15, 0.2) is 0 Å². The SMILES string of the molecule is C1#CC1.N. The second kappa shape index (κ2) is 0.917. The third kappa shape index (κ3) is 1.52. The molecule has 0 fully saturated rings. The molecule has 0 aromatic rings. The highest BCUT2D eigenvalue weighted by molar-refractivity contribution is 5.21. The Bertz CT molecular complexity index is 49.4. The molecule has 0 spiro atoms. The van der Waals surface area contributed by atoms with Crippen molar-refractivity contribution < 1.29 is 0 Å². The van der Waals surface area contributed by atoms with Crippen LogP contribution in [0.2, 0.25) is 0 Å². The fraction of sp³-hybridized carbons (Fsp3) is 0.333. The molecule has 0 amide bonds. The van der Waals surface area contributed by atoms with E-state index in [4.69, 9.17) is 0 Å². The van der Waals surface area contributed by atoms with Gasteiger partial charge in [0.25, 0.3) is 0 Å². The van der Waals surface area contributed by atoms with Gasteiger partial charge in [0.15, 0.2) is 0 Å². The Morgan fingerprint density at radius 1 is 1.25 bits per heavy atom. The average molecular weight is 55.1 g/mol. The van der Waals surface area contributed by atoms with Crippen LogP contribution in [-0.2, 0) is 0 Å². The average Bonchev–Trinajstić information content (AvgIpc) is 1.46. The van der Waals surface area contributed by atoms with Crippen molar-refractivity contribution in [3.05, 3.63) is 0 Å². The molecular weight excluding hydrogens is 50.0 g/mol. The highest BCUT2D eigenvalue weighted by Gasteiger charge is 1.71. The molecule has 4 heavy (non-hydrogen) atoms. The quantitative estimate of drug-likeness (QED) is 0.403. The van der Waals surface area contributed by atoms with Crippen molar-refractivity contribution in [3.8, 4) is 11.8 Å². The maximum Gasteiger partial charge on any atom is 0.0703 e. The topological polar surface area (TPSA) is 35.0 Å². The molecule has 0 bridgehead atoms. The summed E-state index contributed by atoms with van der Waals surface area (Å²) in [6.45, 7) is 0. The number of rotatable bonds is 0. The van der Waals surface area contributed by atoms with Gasteiger partial charge in [0, 0.05) is 0 Å². The van der Waals surface area contributed by atoms with E-state index in [2.05, 4.69) is 11.8 Å². The fourth-order valence-corrected chi connectivity index (χ4v) is 0. The lowest BCUT2D eigenvalue weighted by Gasteiger charge is -1.15. The van der Waals surface area contributed by atoms with Crippen molar-refractivity contribution in [1.29, 1.82) is 0 Å². The first-order valence-electron chi connectivity index (χ1n) is 0.957. The minimum atomic E-state index is 0. The normalized spacial score (nSPS) is 10.0. The summed E-state index contributed by atoms with van der Waals surface area (Å²) >= 11 is 0. The molecule has 0 saturated carbocycles. The lowest BCUT2D eigenvalue weighted by molar-refractivity contribution is 1.76. The van der Waals surface area contributed by atoms with Gasteiger partial charge in [-0.1, -0.05) is 11.8 Å². The Balaban J connectivity index is 0.0000000900. The molecule has 0 saturated heterocycles. The molecule has 0 aromatic carbocycles. The molecule has 0 aromatic heterocycles. The van der Waals surface area contributed by atoms with Gasteiger partial charge in [-0.3, -0.25) is 0 Å². The third-order valence-corrected chi connectivity index (χ3v) is 0.177. The number of hydrogen-bond acceptors (Lipinski definition) is 1. The van der Waals surface area contributed by atoms with E-state index >= 15 is 0 Å². The lowest BCUT2D eigenvalue weighted by Crippen LogP contribution is -1.07. The molecule has 0 radical (unpaired) electrons. The molecule has 1 nitrogen and oxygen atoms in total. The monoisotopic (exact) mass is 55.0 g/mol. The number of hydrogen-bond donors (Lipinski definition) is 1. The van der Waals surface area contributed by atoms with Crippen LogP contribution in [0.4, 0.5) is 0 Å². The van der Waals surface area contributed by atoms with Gasteiger partial charge in [-0.05, 0) is 0 Å². The smallest absolute Gasteiger partial charge is 0.0703 e. The van der Waals surface area contributed by atoms with Crippen LogP contribution in [0, 0.1) is 11.8 Å². The van der Waals surface area contributed by atoms with Crippen LogP contribution >= 0.6 is 0 Å². The summed E-state index contributed by atoms with van der Waals surface area (Å²) in [5, 5.41) is 0. The van der Waals surface area contributed by atoms with Gasteiger partial charge in [0.2, 0.25) is 0 Å². The van der Waals surface area contributed by atoms with Gasteiger partial charge in [0.05, 0.1) is 6.42 Å². The molecule has 0 unspecified atom stereocenters. The van der Waals surface area contributed by atoms with Crippen molar-refractivity contribution >= 4 is 0 Å². The second-order valence-electron chi connectivity index (χ2n) is 0.530. The molecule has 0 aliphatic heterocycles. The van der Waals surface area contributed by atoms with E-state index in [1.165, 1.54) is 0 Å². The van der Waals surface area contributed by atoms with Crippen molar-refractivity contribution in [2.45, 2.75) is 6.42 Å². The van der Waals surface area contributed by atoms with E-state index < -0.39 is 0 Å². The van der Waals surface area contributed by atoms with E-state index in [1.54, 1.807) is 0 Å². The largest absolute Gasteiger partial charge is 0.344 e. The van der Waals surface area contributed by atoms with Crippen molar-refractivity contribution in [1.82, 2.24) is 6.15 Å². The molecule has 1 heteroatoms. The maximum atomic E-state index is 2.75. The summed E-state index contributed by atoms with van der Waals surface area (Å²) in [4.78, 5) is 0. The van der Waals surface area contributed by atoms with Gasteiger partial charge >= 0.3 is 0 Å². The Morgan fingerprint density at radius 3 is 1.50 bits per heavy atom. The zero-order valence-corrected chi connectivity index (χ0v) is 2.41. The molecule has 0 atom stereocenters. The van der Waals surface area contributed by atoms with Gasteiger partial charge in [-0.25, -0.2) is 0 Å². The first-order valence-corrected chi connectivity index (χ1v) is 0.957. The summed E-state index contributed by atoms with van der Waals surface area (Å²) in [7, 11) is 0. The molecule has 0 heterocycles. The summed E-state index contributed by atoms with van der Waals surface area (Å²) in [6, 6.07) is 0. The Labute approximate surface area is 25.6 Å². The van der Waals surface area contributed by atoms with Crippen molar-refractivity contribution in [3.63, 3.8) is 0 Å². The van der Waals surface area contributed by atoms with Crippen molar-refractivity contribution in [2.24, 2.45) is 0 Å². The zero-order valence-electron chi connectivity index (χ0n) is 2.41. The molecule has 1 aliphatic carbocycles. The summed E-state index contributed by atoms with van der Waals surface area (Å²) in [6.07, 6.45) is 1.00. The van der Waals surface area contributed by atoms with E-state index in [0.717, 1.165) is 6.42 Å². The lowest BCUT2D eigenvalue weighted by atomic mass is 10.9. The van der Waals surface area contributed by atoms with Crippen LogP contribution in [0.25, 0.3) is 0 Å². The van der Waals surface area contributed by atoms with Crippen LogP contribution in [0.1, 0.15) is 6.42 Å². The molecule has 1 aliphatic rings. The molecule has 22 valence electrons. The Morgan fingerprint density at radius 2 is 1.50 bits per heavy atom. The van der Waals surface area contributed by atoms with E-state index in [1.807, 2.05) is 0 Å². The second-order valence-corrected chi connectivity index (χ2v) is 0.530. The standard InChI is InChI=1S/C3H2.H3N/c1-2-3-1;/h1H2;1H3.